The van der Waals surface area contributed by atoms with Crippen LogP contribution in [0.4, 0.5) is 5.13 Å². The van der Waals surface area contributed by atoms with Crippen molar-refractivity contribution in [1.29, 1.82) is 0 Å². The van der Waals surface area contributed by atoms with E-state index in [9.17, 15) is 14.7 Å². The molecule has 0 radical (unpaired) electrons. The molecule has 0 bridgehead atoms. The van der Waals surface area contributed by atoms with Crippen LogP contribution in [0.1, 0.15) is 36.1 Å². The lowest BCUT2D eigenvalue weighted by molar-refractivity contribution is -0.132. The van der Waals surface area contributed by atoms with Crippen molar-refractivity contribution < 1.29 is 19.4 Å². The average molecular weight is 613 g/mol. The maximum Gasteiger partial charge on any atom is 0.301 e. The highest BCUT2D eigenvalue weighted by Crippen LogP contribution is 2.44. The molecule has 0 spiro atoms. The Labute approximate surface area is 249 Å². The second-order valence-electron chi connectivity index (χ2n) is 8.86. The number of carbonyl (C=O) groups is 2. The number of amides is 1. The standard InChI is InChI=1S/C29H23Cl2N3O4S2/c1-2-14-38-22-5-3-4-19(15-22)24-23(25(35)18-8-12-21(31)13-9-18)26(36)27(37)34(24)28-32-33-29(40-28)39-16-17-6-10-20(30)11-7-17/h3-13,15,24,35H,2,14,16H2,1H3/b25-23+. The number of hydrogen-bond acceptors (Lipinski definition) is 8. The van der Waals surface area contributed by atoms with Gasteiger partial charge in [0.1, 0.15) is 11.5 Å². The van der Waals surface area contributed by atoms with E-state index in [2.05, 4.69) is 10.2 Å². The summed E-state index contributed by atoms with van der Waals surface area (Å²) in [5.41, 5.74) is 1.96. The van der Waals surface area contributed by atoms with Gasteiger partial charge in [0.05, 0.1) is 18.2 Å². The number of hydrogen-bond donors (Lipinski definition) is 1. The van der Waals surface area contributed by atoms with E-state index in [1.807, 2.05) is 31.2 Å². The maximum absolute atomic E-state index is 13.5. The number of thioether (sulfide) groups is 1. The molecule has 1 fully saturated rings. The zero-order valence-electron chi connectivity index (χ0n) is 21.2. The number of nitrogens with zero attached hydrogens (tertiary/aromatic N) is 3. The molecule has 5 rings (SSSR count). The first-order valence-corrected chi connectivity index (χ1v) is 14.9. The van der Waals surface area contributed by atoms with Crippen LogP contribution in [0.15, 0.2) is 82.7 Å². The number of aromatic nitrogens is 2. The van der Waals surface area contributed by atoms with Crippen LogP contribution in [0, 0.1) is 0 Å². The van der Waals surface area contributed by atoms with Gasteiger partial charge in [-0.2, -0.15) is 0 Å². The number of benzene rings is 3. The maximum atomic E-state index is 13.5. The van der Waals surface area contributed by atoms with Gasteiger partial charge in [0.25, 0.3) is 5.78 Å². The lowest BCUT2D eigenvalue weighted by Gasteiger charge is -2.23. The molecule has 3 aromatic carbocycles. The van der Waals surface area contributed by atoms with Gasteiger partial charge in [-0.3, -0.25) is 14.5 Å². The Morgan fingerprint density at radius 1 is 1.02 bits per heavy atom. The summed E-state index contributed by atoms with van der Waals surface area (Å²) >= 11 is 14.7. The summed E-state index contributed by atoms with van der Waals surface area (Å²) in [4.78, 5) is 28.2. The minimum absolute atomic E-state index is 0.0504. The summed E-state index contributed by atoms with van der Waals surface area (Å²) in [5.74, 6) is -0.702. The van der Waals surface area contributed by atoms with Gasteiger partial charge in [0, 0.05) is 21.4 Å². The van der Waals surface area contributed by atoms with Crippen LogP contribution >= 0.6 is 46.3 Å². The number of Topliss-reactive ketones (excluding diaryl/α,β-unsaturated/α-hetero) is 1. The minimum Gasteiger partial charge on any atom is -0.507 e. The van der Waals surface area contributed by atoms with Crippen molar-refractivity contribution in [3.8, 4) is 5.75 Å². The van der Waals surface area contributed by atoms with E-state index in [1.165, 1.54) is 28.0 Å². The summed E-state index contributed by atoms with van der Waals surface area (Å²) < 4.78 is 6.44. The fraction of sp³-hybridized carbons (Fsp3) is 0.172. The van der Waals surface area contributed by atoms with Gasteiger partial charge in [-0.05, 0) is 66.1 Å². The first kappa shape index (κ1) is 28.2. The van der Waals surface area contributed by atoms with E-state index in [4.69, 9.17) is 27.9 Å². The lowest BCUT2D eigenvalue weighted by atomic mass is 9.95. The van der Waals surface area contributed by atoms with E-state index >= 15 is 0 Å². The molecule has 2 heterocycles. The molecule has 1 aliphatic rings. The number of aliphatic hydroxyl groups is 1. The van der Waals surface area contributed by atoms with E-state index in [-0.39, 0.29) is 16.5 Å². The first-order chi connectivity index (χ1) is 19.4. The Hall–Kier alpha value is -3.37. The van der Waals surface area contributed by atoms with Gasteiger partial charge in [0.15, 0.2) is 4.34 Å². The molecule has 1 saturated heterocycles. The highest BCUT2D eigenvalue weighted by atomic mass is 35.5. The molecule has 1 aromatic heterocycles. The fourth-order valence-electron chi connectivity index (χ4n) is 4.19. The van der Waals surface area contributed by atoms with Crippen LogP contribution in [0.3, 0.4) is 0 Å². The molecule has 1 unspecified atom stereocenters. The molecule has 4 aromatic rings. The van der Waals surface area contributed by atoms with Crippen molar-refractivity contribution in [3.05, 3.63) is 105 Å². The van der Waals surface area contributed by atoms with Crippen molar-refractivity contribution in [2.45, 2.75) is 29.5 Å². The van der Waals surface area contributed by atoms with Crippen molar-refractivity contribution in [2.75, 3.05) is 11.5 Å². The second-order valence-corrected chi connectivity index (χ2v) is 11.9. The molecule has 204 valence electrons. The van der Waals surface area contributed by atoms with E-state index in [1.54, 1.807) is 48.5 Å². The molecular formula is C29H23Cl2N3O4S2. The normalized spacial score (nSPS) is 16.5. The van der Waals surface area contributed by atoms with Gasteiger partial charge < -0.3 is 9.84 Å². The lowest BCUT2D eigenvalue weighted by Crippen LogP contribution is -2.29. The van der Waals surface area contributed by atoms with Gasteiger partial charge in [-0.1, -0.05) is 77.5 Å². The molecular weight excluding hydrogens is 589 g/mol. The predicted molar refractivity (Wildman–Crippen MR) is 159 cm³/mol. The van der Waals surface area contributed by atoms with Crippen molar-refractivity contribution in [1.82, 2.24) is 10.2 Å². The molecule has 1 amide bonds. The SMILES string of the molecule is CCCOc1cccc(C2/C(=C(\O)c3ccc(Cl)cc3)C(=O)C(=O)N2c2nnc(SCc3ccc(Cl)cc3)s2)c1. The van der Waals surface area contributed by atoms with Crippen LogP contribution in [-0.2, 0) is 15.3 Å². The highest BCUT2D eigenvalue weighted by Gasteiger charge is 2.48. The van der Waals surface area contributed by atoms with E-state index in [0.29, 0.717) is 43.6 Å². The number of aliphatic hydroxyl groups excluding tert-OH is 1. The van der Waals surface area contributed by atoms with E-state index < -0.39 is 17.7 Å². The van der Waals surface area contributed by atoms with Crippen LogP contribution in [0.5, 0.6) is 5.75 Å². The monoisotopic (exact) mass is 611 g/mol. The number of halogens is 2. The third-order valence-electron chi connectivity index (χ3n) is 6.09. The summed E-state index contributed by atoms with van der Waals surface area (Å²) in [5, 5.41) is 21.2. The zero-order valence-corrected chi connectivity index (χ0v) is 24.4. The topological polar surface area (TPSA) is 92.6 Å². The van der Waals surface area contributed by atoms with Crippen LogP contribution < -0.4 is 9.64 Å². The number of anilines is 1. The molecule has 7 nitrogen and oxygen atoms in total. The van der Waals surface area contributed by atoms with Crippen LogP contribution in [0.2, 0.25) is 10.0 Å². The number of rotatable bonds is 9. The summed E-state index contributed by atoms with van der Waals surface area (Å²) in [6, 6.07) is 20.1. The summed E-state index contributed by atoms with van der Waals surface area (Å²) in [6.45, 7) is 2.52. The van der Waals surface area contributed by atoms with Crippen molar-refractivity contribution in [3.63, 3.8) is 0 Å². The van der Waals surface area contributed by atoms with Gasteiger partial charge in [-0.25, -0.2) is 0 Å². The molecule has 1 aliphatic heterocycles. The largest absolute Gasteiger partial charge is 0.507 e. The Kier molecular flexibility index (Phi) is 8.75. The third-order valence-corrected chi connectivity index (χ3v) is 8.72. The number of ether oxygens (including phenoxy) is 1. The van der Waals surface area contributed by atoms with Gasteiger partial charge >= 0.3 is 5.91 Å². The number of ketones is 1. The molecule has 0 aliphatic carbocycles. The quantitative estimate of drug-likeness (QED) is 0.0686. The molecule has 1 N–H and O–H groups in total. The summed E-state index contributed by atoms with van der Waals surface area (Å²) in [7, 11) is 0. The smallest absolute Gasteiger partial charge is 0.301 e. The van der Waals surface area contributed by atoms with Crippen LogP contribution in [0.25, 0.3) is 5.76 Å². The van der Waals surface area contributed by atoms with Crippen molar-refractivity contribution in [2.24, 2.45) is 0 Å². The Morgan fingerprint density at radius 2 is 1.73 bits per heavy atom. The molecule has 40 heavy (non-hydrogen) atoms. The van der Waals surface area contributed by atoms with Gasteiger partial charge in [0.2, 0.25) is 5.13 Å². The first-order valence-electron chi connectivity index (χ1n) is 12.4. The van der Waals surface area contributed by atoms with E-state index in [0.717, 1.165) is 12.0 Å². The number of carbonyl (C=O) groups excluding carboxylic acids is 2. The Bertz CT molecular complexity index is 1570. The summed E-state index contributed by atoms with van der Waals surface area (Å²) in [6.07, 6.45) is 0.820. The minimum atomic E-state index is -0.942. The molecule has 1 atom stereocenters. The Morgan fingerprint density at radius 3 is 2.42 bits per heavy atom. The third kappa shape index (κ3) is 6.02. The molecule has 0 saturated carbocycles. The predicted octanol–water partition coefficient (Wildman–Crippen LogP) is 7.55. The Balaban J connectivity index is 1.54. The highest BCUT2D eigenvalue weighted by molar-refractivity contribution is 8.00. The van der Waals surface area contributed by atoms with Crippen molar-refractivity contribution >= 4 is 68.9 Å². The zero-order chi connectivity index (χ0) is 28.2. The average Bonchev–Trinajstić information content (AvgIpc) is 3.53. The van der Waals surface area contributed by atoms with Crippen LogP contribution in [-0.4, -0.2) is 33.6 Å². The van der Waals surface area contributed by atoms with Gasteiger partial charge in [-0.15, -0.1) is 10.2 Å². The fourth-order valence-corrected chi connectivity index (χ4v) is 6.26. The molecule has 11 heteroatoms. The second kappa shape index (κ2) is 12.4.